The summed E-state index contributed by atoms with van der Waals surface area (Å²) < 4.78 is 6.16. The number of hydrogen-bond acceptors (Lipinski definition) is 3. The van der Waals surface area contributed by atoms with E-state index in [9.17, 15) is 5.11 Å². The highest BCUT2D eigenvalue weighted by Gasteiger charge is 2.41. The summed E-state index contributed by atoms with van der Waals surface area (Å²) in [5.74, 6) is 0.759. The lowest BCUT2D eigenvalue weighted by Crippen LogP contribution is -2.42. The fourth-order valence-corrected chi connectivity index (χ4v) is 3.21. The molecule has 3 heteroatoms. The van der Waals surface area contributed by atoms with Crippen LogP contribution in [0.5, 0.6) is 5.75 Å². The Morgan fingerprint density at radius 2 is 2.06 bits per heavy atom. The second kappa shape index (κ2) is 4.29. The normalized spacial score (nSPS) is 25.0. The van der Waals surface area contributed by atoms with Crippen molar-refractivity contribution in [2.45, 2.75) is 50.2 Å². The zero-order valence-corrected chi connectivity index (χ0v) is 10.4. The summed E-state index contributed by atoms with van der Waals surface area (Å²) in [4.78, 5) is 0. The summed E-state index contributed by atoms with van der Waals surface area (Å²) in [6, 6.07) is 7.43. The lowest BCUT2D eigenvalue weighted by molar-refractivity contribution is -0.0381. The van der Waals surface area contributed by atoms with Gasteiger partial charge in [0.25, 0.3) is 0 Å². The van der Waals surface area contributed by atoms with Crippen molar-refractivity contribution < 1.29 is 9.84 Å². The molecule has 3 nitrogen and oxygen atoms in total. The third-order valence-electron chi connectivity index (χ3n) is 4.15. The summed E-state index contributed by atoms with van der Waals surface area (Å²) in [6.07, 6.45) is 5.85. The van der Waals surface area contributed by atoms with E-state index in [1.54, 1.807) is 12.1 Å². The zero-order chi connectivity index (χ0) is 12.6. The molecule has 1 aliphatic heterocycles. The van der Waals surface area contributed by atoms with Crippen molar-refractivity contribution in [1.82, 2.24) is 0 Å². The molecular formula is C15H17NO2. The molecule has 1 heterocycles. The van der Waals surface area contributed by atoms with Gasteiger partial charge in [-0.1, -0.05) is 6.42 Å². The Kier molecular flexibility index (Phi) is 2.76. The van der Waals surface area contributed by atoms with Crippen LogP contribution in [0.4, 0.5) is 0 Å². The third kappa shape index (κ3) is 1.87. The average Bonchev–Trinajstić information content (AvgIpc) is 2.39. The van der Waals surface area contributed by atoms with Gasteiger partial charge >= 0.3 is 0 Å². The van der Waals surface area contributed by atoms with Gasteiger partial charge in [-0.2, -0.15) is 5.26 Å². The van der Waals surface area contributed by atoms with E-state index in [-0.39, 0.29) is 5.60 Å². The van der Waals surface area contributed by atoms with Gasteiger partial charge < -0.3 is 9.84 Å². The van der Waals surface area contributed by atoms with E-state index in [0.717, 1.165) is 24.2 Å². The van der Waals surface area contributed by atoms with Crippen LogP contribution < -0.4 is 4.74 Å². The van der Waals surface area contributed by atoms with Gasteiger partial charge in [0, 0.05) is 12.0 Å². The van der Waals surface area contributed by atoms with E-state index in [1.165, 1.54) is 19.3 Å². The zero-order valence-electron chi connectivity index (χ0n) is 10.4. The molecule has 1 aromatic rings. The molecule has 1 atom stereocenters. The third-order valence-corrected chi connectivity index (χ3v) is 4.15. The number of fused-ring (bicyclic) bond motifs is 1. The molecule has 0 radical (unpaired) electrons. The van der Waals surface area contributed by atoms with E-state index in [2.05, 4.69) is 6.07 Å². The van der Waals surface area contributed by atoms with Crippen molar-refractivity contribution in [2.75, 3.05) is 0 Å². The smallest absolute Gasteiger partial charge is 0.126 e. The van der Waals surface area contributed by atoms with E-state index < -0.39 is 6.10 Å². The Labute approximate surface area is 107 Å². The number of nitrogens with zero attached hydrogens (tertiary/aromatic N) is 1. The SMILES string of the molecule is N#Cc1ccc2c(c1)C(O)CC1(CCCCC1)O2. The van der Waals surface area contributed by atoms with Crippen LogP contribution in [-0.4, -0.2) is 10.7 Å². The first-order chi connectivity index (χ1) is 8.72. The minimum Gasteiger partial charge on any atom is -0.487 e. The molecule has 0 amide bonds. The van der Waals surface area contributed by atoms with Crippen LogP contribution in [-0.2, 0) is 0 Å². The molecule has 0 aromatic heterocycles. The van der Waals surface area contributed by atoms with Crippen LogP contribution >= 0.6 is 0 Å². The predicted octanol–water partition coefficient (Wildman–Crippen LogP) is 3.08. The van der Waals surface area contributed by atoms with Crippen LogP contribution in [0.1, 0.15) is 55.8 Å². The van der Waals surface area contributed by atoms with E-state index in [0.29, 0.717) is 12.0 Å². The standard InChI is InChI=1S/C15H17NO2/c16-10-11-4-5-14-12(8-11)13(17)9-15(18-14)6-2-1-3-7-15/h4-5,8,13,17H,1-3,6-7,9H2. The molecule has 1 saturated carbocycles. The number of benzene rings is 1. The number of aliphatic hydroxyl groups excluding tert-OH is 1. The Hall–Kier alpha value is -1.53. The second-order valence-electron chi connectivity index (χ2n) is 5.43. The maximum atomic E-state index is 10.3. The maximum Gasteiger partial charge on any atom is 0.126 e. The van der Waals surface area contributed by atoms with Crippen molar-refractivity contribution in [3.63, 3.8) is 0 Å². The lowest BCUT2D eigenvalue weighted by Gasteiger charge is -2.43. The highest BCUT2D eigenvalue weighted by atomic mass is 16.5. The molecule has 2 aliphatic rings. The van der Waals surface area contributed by atoms with Crippen LogP contribution in [0.2, 0.25) is 0 Å². The number of rotatable bonds is 0. The molecule has 0 bridgehead atoms. The summed E-state index contributed by atoms with van der Waals surface area (Å²) >= 11 is 0. The van der Waals surface area contributed by atoms with Crippen LogP contribution in [0, 0.1) is 11.3 Å². The molecule has 94 valence electrons. The first-order valence-electron chi connectivity index (χ1n) is 6.64. The average molecular weight is 243 g/mol. The molecule has 0 saturated heterocycles. The van der Waals surface area contributed by atoms with Gasteiger partial charge in [-0.05, 0) is 43.9 Å². The Bertz CT molecular complexity index is 498. The fraction of sp³-hybridized carbons (Fsp3) is 0.533. The molecule has 1 N–H and O–H groups in total. The Morgan fingerprint density at radius 1 is 1.28 bits per heavy atom. The molecule has 1 fully saturated rings. The van der Waals surface area contributed by atoms with Crippen molar-refractivity contribution in [1.29, 1.82) is 5.26 Å². The quantitative estimate of drug-likeness (QED) is 0.761. The summed E-state index contributed by atoms with van der Waals surface area (Å²) in [5.41, 5.74) is 1.18. The summed E-state index contributed by atoms with van der Waals surface area (Å²) in [7, 11) is 0. The summed E-state index contributed by atoms with van der Waals surface area (Å²) in [6.45, 7) is 0. The van der Waals surface area contributed by atoms with Gasteiger partial charge in [-0.3, -0.25) is 0 Å². The van der Waals surface area contributed by atoms with Crippen molar-refractivity contribution >= 4 is 0 Å². The van der Waals surface area contributed by atoms with Gasteiger partial charge in [0.05, 0.1) is 17.7 Å². The number of ether oxygens (including phenoxy) is 1. The monoisotopic (exact) mass is 243 g/mol. The van der Waals surface area contributed by atoms with Gasteiger partial charge in [0.2, 0.25) is 0 Å². The maximum absolute atomic E-state index is 10.3. The minimum absolute atomic E-state index is 0.168. The van der Waals surface area contributed by atoms with Crippen molar-refractivity contribution in [3.05, 3.63) is 29.3 Å². The molecule has 1 unspecified atom stereocenters. The van der Waals surface area contributed by atoms with Crippen LogP contribution in [0.15, 0.2) is 18.2 Å². The predicted molar refractivity (Wildman–Crippen MR) is 67.2 cm³/mol. The highest BCUT2D eigenvalue weighted by Crippen LogP contribution is 2.46. The van der Waals surface area contributed by atoms with Gasteiger partial charge in [-0.25, -0.2) is 0 Å². The molecule has 3 rings (SSSR count). The van der Waals surface area contributed by atoms with Crippen LogP contribution in [0.3, 0.4) is 0 Å². The van der Waals surface area contributed by atoms with E-state index >= 15 is 0 Å². The Morgan fingerprint density at radius 3 is 2.78 bits per heavy atom. The highest BCUT2D eigenvalue weighted by molar-refractivity contribution is 5.45. The van der Waals surface area contributed by atoms with E-state index in [4.69, 9.17) is 10.00 Å². The first kappa shape index (κ1) is 11.6. The van der Waals surface area contributed by atoms with Crippen LogP contribution in [0.25, 0.3) is 0 Å². The van der Waals surface area contributed by atoms with Gasteiger partial charge in [-0.15, -0.1) is 0 Å². The minimum atomic E-state index is -0.500. The second-order valence-corrected chi connectivity index (χ2v) is 5.43. The molecular weight excluding hydrogens is 226 g/mol. The molecule has 1 aromatic carbocycles. The largest absolute Gasteiger partial charge is 0.487 e. The van der Waals surface area contributed by atoms with Crippen molar-refractivity contribution in [3.8, 4) is 11.8 Å². The lowest BCUT2D eigenvalue weighted by atomic mass is 9.78. The van der Waals surface area contributed by atoms with Gasteiger partial charge in [0.1, 0.15) is 11.4 Å². The fourth-order valence-electron chi connectivity index (χ4n) is 3.21. The van der Waals surface area contributed by atoms with Crippen molar-refractivity contribution in [2.24, 2.45) is 0 Å². The van der Waals surface area contributed by atoms with E-state index in [1.807, 2.05) is 6.07 Å². The number of hydrogen-bond donors (Lipinski definition) is 1. The number of nitriles is 1. The topological polar surface area (TPSA) is 53.2 Å². The summed E-state index contributed by atoms with van der Waals surface area (Å²) in [5, 5.41) is 19.2. The Balaban J connectivity index is 1.95. The molecule has 1 spiro atoms. The molecule has 18 heavy (non-hydrogen) atoms. The number of aliphatic hydroxyl groups is 1. The first-order valence-corrected chi connectivity index (χ1v) is 6.64. The van der Waals surface area contributed by atoms with Gasteiger partial charge in [0.15, 0.2) is 0 Å². The molecule has 1 aliphatic carbocycles.